The Morgan fingerprint density at radius 1 is 1.10 bits per heavy atom. The minimum absolute atomic E-state index is 0.0340. The first-order valence-corrected chi connectivity index (χ1v) is 18.7. The number of nitrogens with zero attached hydrogens (tertiary/aromatic N) is 4. The van der Waals surface area contributed by atoms with Crippen LogP contribution in [0.5, 0.6) is 5.75 Å². The Bertz CT molecular complexity index is 2190. The third-order valence-corrected chi connectivity index (χ3v) is 12.7. The zero-order chi connectivity index (χ0) is 38.9. The van der Waals surface area contributed by atoms with E-state index in [0.717, 1.165) is 30.4 Å². The van der Waals surface area contributed by atoms with Gasteiger partial charge in [0, 0.05) is 62.0 Å². The molecule has 2 bridgehead atoms. The van der Waals surface area contributed by atoms with Crippen molar-refractivity contribution in [1.82, 2.24) is 18.8 Å². The number of ether oxygens (including phenoxy) is 2. The highest BCUT2D eigenvalue weighted by Gasteiger charge is 2.47. The van der Waals surface area contributed by atoms with Gasteiger partial charge in [-0.1, -0.05) is 11.6 Å². The normalized spacial score (nSPS) is 23.5. The Morgan fingerprint density at radius 2 is 1.82 bits per heavy atom. The zero-order valence-corrected chi connectivity index (χ0v) is 30.0. The number of benzene rings is 2. The van der Waals surface area contributed by atoms with Crippen LogP contribution in [0.15, 0.2) is 27.4 Å². The molecule has 0 aliphatic carbocycles. The van der Waals surface area contributed by atoms with E-state index < -0.39 is 57.4 Å². The van der Waals surface area contributed by atoms with E-state index in [1.807, 2.05) is 24.8 Å². The predicted octanol–water partition coefficient (Wildman–Crippen LogP) is 3.47. The third kappa shape index (κ3) is 6.26. The average molecular weight is 749 g/mol. The standard InChI is InChI=1S/C35H41ClFN5O8S/c1-19-29(40-12-11-39(2)22(16-40)18-48-3)15-27(36)31-23-9-10-41(17-26(23)35(45)50-32(19)31)34(44)24-14-30(49-4)25(13-28(24)37)33(43)38-51(46,47)42-20-5-6-21(42)8-7-20/h13-15,20-22H,5-12,16-18H2,1-4H3,(H,38,43)/i4D3. The van der Waals surface area contributed by atoms with Crippen molar-refractivity contribution in [3.8, 4) is 5.75 Å². The first-order chi connectivity index (χ1) is 25.5. The molecule has 3 saturated heterocycles. The molecule has 1 aromatic heterocycles. The molecule has 3 fully saturated rings. The number of halogens is 2. The molecule has 4 aliphatic rings. The summed E-state index contributed by atoms with van der Waals surface area (Å²) in [6.07, 6.45) is 2.77. The van der Waals surface area contributed by atoms with E-state index in [9.17, 15) is 22.8 Å². The zero-order valence-electron chi connectivity index (χ0n) is 31.5. The molecule has 0 saturated carbocycles. The summed E-state index contributed by atoms with van der Waals surface area (Å²) in [6.45, 7) is 4.38. The lowest BCUT2D eigenvalue weighted by Gasteiger charge is -2.41. The minimum Gasteiger partial charge on any atom is -0.496 e. The number of hydrogen-bond donors (Lipinski definition) is 1. The number of likely N-dealkylation sites (N-methyl/N-ethyl adjacent to an activating group) is 1. The van der Waals surface area contributed by atoms with Crippen LogP contribution in [0, 0.1) is 12.7 Å². The highest BCUT2D eigenvalue weighted by molar-refractivity contribution is 7.87. The number of methoxy groups -OCH3 is 2. The van der Waals surface area contributed by atoms with Crippen molar-refractivity contribution >= 4 is 50.3 Å². The van der Waals surface area contributed by atoms with E-state index in [2.05, 4.69) is 9.80 Å². The molecule has 2 aromatic carbocycles. The molecule has 2 amide bonds. The van der Waals surface area contributed by atoms with Crippen molar-refractivity contribution in [3.05, 3.63) is 67.3 Å². The molecule has 16 heteroatoms. The van der Waals surface area contributed by atoms with Gasteiger partial charge in [0.2, 0.25) is 0 Å². The van der Waals surface area contributed by atoms with E-state index in [4.69, 9.17) is 29.6 Å². The quantitative estimate of drug-likeness (QED) is 0.341. The molecule has 1 atom stereocenters. The average Bonchev–Trinajstić information content (AvgIpc) is 3.73. The summed E-state index contributed by atoms with van der Waals surface area (Å²) < 4.78 is 84.4. The van der Waals surface area contributed by atoms with Gasteiger partial charge >= 0.3 is 15.8 Å². The molecule has 3 aromatic rings. The van der Waals surface area contributed by atoms with Crippen LogP contribution >= 0.6 is 11.6 Å². The molecule has 1 N–H and O–H groups in total. The first-order valence-electron chi connectivity index (χ1n) is 18.4. The predicted molar refractivity (Wildman–Crippen MR) is 188 cm³/mol. The number of hydrogen-bond acceptors (Lipinski definition) is 10. The fraction of sp³-hybridized carbons (Fsp3) is 0.514. The summed E-state index contributed by atoms with van der Waals surface area (Å²) in [7, 11) is -3.79. The van der Waals surface area contributed by atoms with Crippen LogP contribution in [0.2, 0.25) is 5.02 Å². The monoisotopic (exact) mass is 748 g/mol. The summed E-state index contributed by atoms with van der Waals surface area (Å²) in [5, 5.41) is 0.923. The maximum atomic E-state index is 15.8. The molecular formula is C35H41ClFN5O8S. The second-order valence-electron chi connectivity index (χ2n) is 13.7. The minimum atomic E-state index is -4.35. The van der Waals surface area contributed by atoms with Gasteiger partial charge in [-0.25, -0.2) is 13.9 Å². The molecule has 4 aliphatic heterocycles. The Kier molecular flexibility index (Phi) is 8.55. The van der Waals surface area contributed by atoms with Crippen molar-refractivity contribution < 1.29 is 40.4 Å². The SMILES string of the molecule is [2H]C([2H])([2H])Oc1cc(C(=O)N2CCc3c(c(=O)oc4c(C)c(N5CCN(C)C(COC)C5)cc(Cl)c34)C2)c(F)cc1C(=O)NS(=O)(=O)N1C2CCC1CC2. The third-order valence-electron chi connectivity index (χ3n) is 10.8. The van der Waals surface area contributed by atoms with Crippen molar-refractivity contribution in [3.63, 3.8) is 0 Å². The summed E-state index contributed by atoms with van der Waals surface area (Å²) in [5.41, 5.74) is 0.629. The lowest BCUT2D eigenvalue weighted by molar-refractivity contribution is 0.0727. The van der Waals surface area contributed by atoms with Gasteiger partial charge in [-0.05, 0) is 69.8 Å². The summed E-state index contributed by atoms with van der Waals surface area (Å²) in [5.74, 6) is -4.17. The van der Waals surface area contributed by atoms with E-state index in [1.165, 1.54) is 9.21 Å². The van der Waals surface area contributed by atoms with E-state index in [1.54, 1.807) is 7.11 Å². The van der Waals surface area contributed by atoms with Crippen molar-refractivity contribution in [2.45, 2.75) is 63.7 Å². The molecule has 0 spiro atoms. The molecule has 0 radical (unpaired) electrons. The number of nitrogens with one attached hydrogen (secondary N) is 1. The molecule has 7 rings (SSSR count). The number of anilines is 1. The Labute approximate surface area is 304 Å². The Morgan fingerprint density at radius 3 is 2.51 bits per heavy atom. The molecule has 274 valence electrons. The maximum absolute atomic E-state index is 15.8. The van der Waals surface area contributed by atoms with E-state index in [0.29, 0.717) is 66.5 Å². The molecule has 5 heterocycles. The highest BCUT2D eigenvalue weighted by Crippen LogP contribution is 2.40. The Hall–Kier alpha value is -3.76. The van der Waals surface area contributed by atoms with Crippen LogP contribution in [-0.2, 0) is 27.9 Å². The summed E-state index contributed by atoms with van der Waals surface area (Å²) >= 11 is 6.90. The summed E-state index contributed by atoms with van der Waals surface area (Å²) in [6, 6.07) is 2.82. The lowest BCUT2D eigenvalue weighted by Crippen LogP contribution is -2.53. The van der Waals surface area contributed by atoms with Gasteiger partial charge < -0.3 is 23.7 Å². The fourth-order valence-electron chi connectivity index (χ4n) is 8.17. The van der Waals surface area contributed by atoms with Crippen molar-refractivity contribution in [1.29, 1.82) is 0 Å². The number of carbonyl (C=O) groups excluding carboxylic acids is 2. The second kappa shape index (κ2) is 13.7. The number of fused-ring (bicyclic) bond motifs is 5. The van der Waals surface area contributed by atoms with Crippen LogP contribution in [0.3, 0.4) is 0 Å². The second-order valence-corrected chi connectivity index (χ2v) is 15.7. The van der Waals surface area contributed by atoms with Crippen LogP contribution < -0.4 is 20.0 Å². The number of carbonyl (C=O) groups is 2. The van der Waals surface area contributed by atoms with Gasteiger partial charge in [0.25, 0.3) is 11.8 Å². The fourth-order valence-corrected chi connectivity index (χ4v) is 10.1. The van der Waals surface area contributed by atoms with Gasteiger partial charge in [-0.3, -0.25) is 14.5 Å². The number of amides is 2. The molecule has 51 heavy (non-hydrogen) atoms. The van der Waals surface area contributed by atoms with Crippen LogP contribution in [0.1, 0.15) is 67.2 Å². The maximum Gasteiger partial charge on any atom is 0.341 e. The van der Waals surface area contributed by atoms with Gasteiger partial charge in [-0.15, -0.1) is 0 Å². The summed E-state index contributed by atoms with van der Waals surface area (Å²) in [4.78, 5) is 46.3. The molecular weight excluding hydrogens is 705 g/mol. The van der Waals surface area contributed by atoms with Crippen LogP contribution in [-0.4, -0.2) is 106 Å². The first kappa shape index (κ1) is 31.9. The number of rotatable bonds is 8. The van der Waals surface area contributed by atoms with Crippen LogP contribution in [0.25, 0.3) is 11.0 Å². The van der Waals surface area contributed by atoms with E-state index in [-0.39, 0.29) is 43.2 Å². The van der Waals surface area contributed by atoms with Crippen LogP contribution in [0.4, 0.5) is 10.1 Å². The lowest BCUT2D eigenvalue weighted by atomic mass is 9.94. The molecule has 1 unspecified atom stereocenters. The number of piperazine rings is 1. The van der Waals surface area contributed by atoms with E-state index >= 15 is 4.39 Å². The number of aryl methyl sites for hydroxylation is 1. The van der Waals surface area contributed by atoms with Crippen molar-refractivity contribution in [2.75, 3.05) is 58.9 Å². The van der Waals surface area contributed by atoms with Gasteiger partial charge in [0.15, 0.2) is 0 Å². The Balaban J connectivity index is 1.17. The van der Waals surface area contributed by atoms with Crippen molar-refractivity contribution in [2.24, 2.45) is 0 Å². The van der Waals surface area contributed by atoms with Gasteiger partial charge in [0.1, 0.15) is 17.1 Å². The highest BCUT2D eigenvalue weighted by atomic mass is 35.5. The largest absolute Gasteiger partial charge is 0.496 e. The molecule has 13 nitrogen and oxygen atoms in total. The smallest absolute Gasteiger partial charge is 0.341 e. The topological polar surface area (TPSA) is 142 Å². The van der Waals surface area contributed by atoms with Gasteiger partial charge in [-0.2, -0.15) is 12.7 Å². The van der Waals surface area contributed by atoms with Gasteiger partial charge in [0.05, 0.1) is 52.1 Å².